The summed E-state index contributed by atoms with van der Waals surface area (Å²) in [4.78, 5) is 54.9. The van der Waals surface area contributed by atoms with Gasteiger partial charge in [0, 0.05) is 0 Å². The maximum Gasteiger partial charge on any atom is 2.00 e. The minimum Gasteiger partial charge on any atom is -0.790 e. The summed E-state index contributed by atoms with van der Waals surface area (Å²) in [6.45, 7) is -1.08. The fourth-order valence-corrected chi connectivity index (χ4v) is 5.47. The van der Waals surface area contributed by atoms with Gasteiger partial charge in [-0.15, -0.1) is 0 Å². The number of imidazole rings is 1. The monoisotopic (exact) mass is 551 g/mol. The Kier molecular flexibility index (Phi) is 10.9. The van der Waals surface area contributed by atoms with Gasteiger partial charge in [-0.1, -0.05) is 0 Å². The molecule has 0 spiro atoms. The first-order valence-electron chi connectivity index (χ1n) is 7.85. The predicted molar refractivity (Wildman–Crippen MR) is 98.1 cm³/mol. The molecule has 0 bridgehead atoms. The number of ether oxygens (including phenoxy) is 1. The van der Waals surface area contributed by atoms with Gasteiger partial charge in [0.25, 0.3) is 15.6 Å². The van der Waals surface area contributed by atoms with Crippen molar-refractivity contribution in [2.45, 2.75) is 24.5 Å². The molecule has 6 unspecified atom stereocenters. The Labute approximate surface area is 216 Å². The molecule has 23 heteroatoms. The van der Waals surface area contributed by atoms with E-state index >= 15 is 0 Å². The molecule has 33 heavy (non-hydrogen) atoms. The predicted octanol–water partition coefficient (Wildman–Crippen LogP) is -4.92. The molecule has 4 N–H and O–H groups in total. The molecule has 6 atom stereocenters. The summed E-state index contributed by atoms with van der Waals surface area (Å²) in [6.07, 6.45) is -3.99. The van der Waals surface area contributed by atoms with Crippen LogP contribution in [0.25, 0.3) is 11.2 Å². The van der Waals surface area contributed by atoms with Crippen molar-refractivity contribution < 1.29 is 61.4 Å². The van der Waals surface area contributed by atoms with Gasteiger partial charge in [0.05, 0.1) is 20.8 Å². The van der Waals surface area contributed by atoms with Crippen LogP contribution in [-0.2, 0) is 31.6 Å². The first-order valence-corrected chi connectivity index (χ1v) is 12.2. The van der Waals surface area contributed by atoms with E-state index in [1.54, 1.807) is 0 Å². The van der Waals surface area contributed by atoms with Crippen LogP contribution >= 0.6 is 23.5 Å². The molecular formula is C10H12Mg2N5O13P3. The second kappa shape index (κ2) is 11.5. The third-order valence-corrected chi connectivity index (χ3v) is 7.46. The van der Waals surface area contributed by atoms with Crippen LogP contribution in [0.2, 0.25) is 0 Å². The van der Waals surface area contributed by atoms with Gasteiger partial charge in [-0.25, -0.2) is 19.3 Å². The molecule has 0 aliphatic carbocycles. The smallest absolute Gasteiger partial charge is 0.790 e. The van der Waals surface area contributed by atoms with Crippen molar-refractivity contribution in [3.8, 4) is 0 Å². The Morgan fingerprint density at radius 3 is 2.27 bits per heavy atom. The Balaban J connectivity index is 0.00000272. The molecule has 1 aliphatic rings. The molecule has 18 nitrogen and oxygen atoms in total. The molecule has 2 aromatic heterocycles. The zero-order chi connectivity index (χ0) is 23.2. The summed E-state index contributed by atoms with van der Waals surface area (Å²) in [5, 5.41) is 20.3. The summed E-state index contributed by atoms with van der Waals surface area (Å²) in [7, 11) is -18.1. The van der Waals surface area contributed by atoms with Gasteiger partial charge in [-0.2, -0.15) is 0 Å². The third kappa shape index (κ3) is 7.83. The third-order valence-electron chi connectivity index (χ3n) is 3.80. The fourth-order valence-electron chi connectivity index (χ4n) is 2.60. The normalized spacial score (nSPS) is 26.7. The van der Waals surface area contributed by atoms with Crippen molar-refractivity contribution in [2.24, 2.45) is 0 Å². The number of hydrogen-bond donors (Lipinski definition) is 3. The maximum absolute atomic E-state index is 11.6. The van der Waals surface area contributed by atoms with Crippen LogP contribution in [0.3, 0.4) is 0 Å². The number of hydrogen-bond acceptors (Lipinski definition) is 17. The number of rotatable bonds is 8. The van der Waals surface area contributed by atoms with Crippen LogP contribution < -0.4 is 25.3 Å². The largest absolute Gasteiger partial charge is 2.00 e. The molecule has 174 valence electrons. The van der Waals surface area contributed by atoms with E-state index in [4.69, 9.17) is 10.5 Å². The van der Waals surface area contributed by atoms with Crippen LogP contribution in [-0.4, -0.2) is 101 Å². The minimum absolute atomic E-state index is 0. The van der Waals surface area contributed by atoms with Crippen molar-refractivity contribution in [3.63, 3.8) is 0 Å². The van der Waals surface area contributed by atoms with Gasteiger partial charge in [0.2, 0.25) is 0 Å². The van der Waals surface area contributed by atoms with Crippen molar-refractivity contribution in [3.05, 3.63) is 12.7 Å². The molecular weight excluding hydrogens is 540 g/mol. The maximum atomic E-state index is 11.6. The summed E-state index contributed by atoms with van der Waals surface area (Å²) in [5.74, 6) is 0.0195. The van der Waals surface area contributed by atoms with Crippen molar-refractivity contribution in [1.82, 2.24) is 19.5 Å². The number of nitrogen functional groups attached to an aromatic ring is 1. The van der Waals surface area contributed by atoms with Crippen LogP contribution in [0.1, 0.15) is 6.23 Å². The van der Waals surface area contributed by atoms with Crippen LogP contribution in [0.15, 0.2) is 12.7 Å². The fraction of sp³-hybridized carbons (Fsp3) is 0.500. The molecule has 0 aromatic carbocycles. The molecule has 1 saturated heterocycles. The van der Waals surface area contributed by atoms with Crippen molar-refractivity contribution >= 4 is 86.6 Å². The minimum atomic E-state index is -6.14. The molecule has 0 radical (unpaired) electrons. The van der Waals surface area contributed by atoms with E-state index in [2.05, 4.69) is 28.1 Å². The Hall–Kier alpha value is 0.172. The zero-order valence-corrected chi connectivity index (χ0v) is 21.7. The van der Waals surface area contributed by atoms with Crippen molar-refractivity contribution in [1.29, 1.82) is 0 Å². The zero-order valence-electron chi connectivity index (χ0n) is 16.2. The van der Waals surface area contributed by atoms with Crippen molar-refractivity contribution in [2.75, 3.05) is 12.3 Å². The number of aliphatic hydroxyl groups is 2. The topological polar surface area (TPSA) is 290 Å². The summed E-state index contributed by atoms with van der Waals surface area (Å²) < 4.78 is 50.2. The second-order valence-corrected chi connectivity index (χ2v) is 10.2. The van der Waals surface area contributed by atoms with Gasteiger partial charge in [0.1, 0.15) is 30.2 Å². The summed E-state index contributed by atoms with van der Waals surface area (Å²) >= 11 is 0. The summed E-state index contributed by atoms with van der Waals surface area (Å²) in [6, 6.07) is 0. The number of fused-ring (bicyclic) bond motifs is 1. The molecule has 1 fully saturated rings. The quantitative estimate of drug-likeness (QED) is 0.204. The van der Waals surface area contributed by atoms with E-state index in [-0.39, 0.29) is 63.1 Å². The summed E-state index contributed by atoms with van der Waals surface area (Å²) in [5.41, 5.74) is 5.92. The Morgan fingerprint density at radius 2 is 1.67 bits per heavy atom. The van der Waals surface area contributed by atoms with E-state index in [1.807, 2.05) is 0 Å². The van der Waals surface area contributed by atoms with Gasteiger partial charge in [-0.05, 0) is 0 Å². The number of aliphatic hydroxyl groups excluding tert-OH is 2. The molecule has 3 rings (SSSR count). The second-order valence-electron chi connectivity index (χ2n) is 5.93. The molecule has 0 saturated carbocycles. The number of phosphoric ester groups is 1. The Morgan fingerprint density at radius 1 is 1.03 bits per heavy atom. The van der Waals surface area contributed by atoms with Gasteiger partial charge in [0.15, 0.2) is 17.7 Å². The standard InChI is InChI=1S/C10H16N5O13P3.2Mg/c11-8-5-9(13-2-12-8)15(3-14-5)10-7(17)6(16)4(26-10)1-25-30(21,22)28-31(23,24)27-29(18,19)20;;/h2-4,6-7,10,16-17H,1H2,(H,21,22)(H,23,24)(H2,11,12,13)(H2,18,19,20);;/q;2*+2/p-4. The first kappa shape index (κ1) is 31.2. The number of aromatic nitrogens is 4. The molecule has 2 aromatic rings. The molecule has 0 amide bonds. The number of nitrogens with zero attached hydrogens (tertiary/aromatic N) is 4. The molecule has 1 aliphatic heterocycles. The van der Waals surface area contributed by atoms with Crippen LogP contribution in [0.4, 0.5) is 5.82 Å². The Bertz CT molecular complexity index is 1120. The van der Waals surface area contributed by atoms with E-state index in [9.17, 15) is 43.5 Å². The number of phosphoric acid groups is 3. The SMILES string of the molecule is Nc1ncnc2c1ncn2C1OC(COP(=O)([O-])OP(=O)([O-])OP(=O)([O-])[O-])C(O)C1O.[Mg+2].[Mg+2]. The van der Waals surface area contributed by atoms with E-state index < -0.39 is 54.6 Å². The number of nitrogens with two attached hydrogens (primary N) is 1. The van der Waals surface area contributed by atoms with E-state index in [0.717, 1.165) is 12.7 Å². The first-order chi connectivity index (χ1) is 14.2. The molecule has 3 heterocycles. The number of anilines is 1. The average Bonchev–Trinajstić information content (AvgIpc) is 3.13. The van der Waals surface area contributed by atoms with Gasteiger partial charge in [-0.3, -0.25) is 18.0 Å². The van der Waals surface area contributed by atoms with Crippen LogP contribution in [0, 0.1) is 0 Å². The van der Waals surface area contributed by atoms with Gasteiger partial charge >= 0.3 is 46.1 Å². The average molecular weight is 552 g/mol. The van der Waals surface area contributed by atoms with E-state index in [0.29, 0.717) is 0 Å². The van der Waals surface area contributed by atoms with Crippen LogP contribution in [0.5, 0.6) is 0 Å². The van der Waals surface area contributed by atoms with Gasteiger partial charge < -0.3 is 49.3 Å². The van der Waals surface area contributed by atoms with E-state index in [1.165, 1.54) is 4.57 Å².